The number of nitrogens with zero attached hydrogens (tertiary/aromatic N) is 2. The van der Waals surface area contributed by atoms with Crippen LogP contribution in [0.3, 0.4) is 0 Å². The van der Waals surface area contributed by atoms with Gasteiger partial charge in [0.05, 0.1) is 12.1 Å². The van der Waals surface area contributed by atoms with Crippen molar-refractivity contribution in [2.45, 2.75) is 36.8 Å². The molecule has 0 spiro atoms. The number of carbonyl (C=O) groups is 1. The molecule has 1 aliphatic rings. The van der Waals surface area contributed by atoms with Crippen LogP contribution >= 0.6 is 0 Å². The molecular formula is C11H17N3O4S. The lowest BCUT2D eigenvalue weighted by atomic mass is 9.85. The molecule has 106 valence electrons. The van der Waals surface area contributed by atoms with Gasteiger partial charge in [0.15, 0.2) is 5.03 Å². The first kappa shape index (κ1) is 14.0. The van der Waals surface area contributed by atoms with E-state index in [2.05, 4.69) is 9.82 Å². The van der Waals surface area contributed by atoms with Crippen molar-refractivity contribution in [1.29, 1.82) is 0 Å². The van der Waals surface area contributed by atoms with E-state index in [9.17, 15) is 13.2 Å². The molecule has 0 bridgehead atoms. The number of sulfonamides is 1. The standard InChI is InChI=1S/C11H17N3O4S/c1-14-10(6-7-12-14)19(17,18)13-9-5-3-2-4-8(9)11(15)16/h6-9,13H,2-5H2,1H3,(H,15,16). The fraction of sp³-hybridized carbons (Fsp3) is 0.636. The average molecular weight is 287 g/mol. The van der Waals surface area contributed by atoms with E-state index in [1.54, 1.807) is 0 Å². The highest BCUT2D eigenvalue weighted by atomic mass is 32.2. The van der Waals surface area contributed by atoms with E-state index in [4.69, 9.17) is 5.11 Å². The van der Waals surface area contributed by atoms with Gasteiger partial charge >= 0.3 is 5.97 Å². The van der Waals surface area contributed by atoms with Gasteiger partial charge in [0.1, 0.15) is 0 Å². The molecule has 19 heavy (non-hydrogen) atoms. The van der Waals surface area contributed by atoms with Crippen molar-refractivity contribution in [3.8, 4) is 0 Å². The van der Waals surface area contributed by atoms with Gasteiger partial charge in [-0.05, 0) is 18.9 Å². The van der Waals surface area contributed by atoms with Crippen LogP contribution in [0.15, 0.2) is 17.3 Å². The fourth-order valence-corrected chi connectivity index (χ4v) is 3.89. The number of aliphatic carboxylic acids is 1. The SMILES string of the molecule is Cn1nccc1S(=O)(=O)NC1CCCCC1C(=O)O. The third kappa shape index (κ3) is 2.95. The van der Waals surface area contributed by atoms with E-state index >= 15 is 0 Å². The Balaban J connectivity index is 2.19. The summed E-state index contributed by atoms with van der Waals surface area (Å²) in [5, 5.41) is 13.0. The maximum absolute atomic E-state index is 12.2. The molecule has 0 aliphatic heterocycles. The van der Waals surface area contributed by atoms with Gasteiger partial charge in [-0.1, -0.05) is 12.8 Å². The number of aryl methyl sites for hydroxylation is 1. The van der Waals surface area contributed by atoms with Gasteiger partial charge in [-0.2, -0.15) is 5.10 Å². The second-order valence-electron chi connectivity index (χ2n) is 4.75. The number of rotatable bonds is 4. The molecule has 0 saturated heterocycles. The Morgan fingerprint density at radius 1 is 1.47 bits per heavy atom. The first-order chi connectivity index (χ1) is 8.92. The van der Waals surface area contributed by atoms with Crippen LogP contribution in [-0.2, 0) is 21.9 Å². The minimum absolute atomic E-state index is 0.0437. The Labute approximate surface area is 111 Å². The Bertz CT molecular complexity index is 566. The topological polar surface area (TPSA) is 101 Å². The van der Waals surface area contributed by atoms with Crippen LogP contribution in [0.4, 0.5) is 0 Å². The minimum Gasteiger partial charge on any atom is -0.481 e. The summed E-state index contributed by atoms with van der Waals surface area (Å²) in [6.45, 7) is 0. The number of aromatic nitrogens is 2. The molecule has 0 aromatic carbocycles. The molecule has 1 heterocycles. The largest absolute Gasteiger partial charge is 0.481 e. The monoisotopic (exact) mass is 287 g/mol. The van der Waals surface area contributed by atoms with Crippen LogP contribution < -0.4 is 4.72 Å². The molecule has 0 radical (unpaired) electrons. The molecule has 1 saturated carbocycles. The fourth-order valence-electron chi connectivity index (χ4n) is 2.45. The molecular weight excluding hydrogens is 270 g/mol. The van der Waals surface area contributed by atoms with Gasteiger partial charge in [0, 0.05) is 13.1 Å². The van der Waals surface area contributed by atoms with E-state index < -0.39 is 28.0 Å². The Hall–Kier alpha value is -1.41. The van der Waals surface area contributed by atoms with Crippen molar-refractivity contribution in [2.24, 2.45) is 13.0 Å². The van der Waals surface area contributed by atoms with Crippen LogP contribution in [-0.4, -0.2) is 35.3 Å². The molecule has 7 nitrogen and oxygen atoms in total. The first-order valence-electron chi connectivity index (χ1n) is 6.15. The van der Waals surface area contributed by atoms with Gasteiger partial charge in [0.2, 0.25) is 0 Å². The van der Waals surface area contributed by atoms with Crippen LogP contribution in [0, 0.1) is 5.92 Å². The maximum atomic E-state index is 12.2. The maximum Gasteiger partial charge on any atom is 0.308 e. The summed E-state index contributed by atoms with van der Waals surface area (Å²) in [4.78, 5) is 11.2. The molecule has 2 atom stereocenters. The summed E-state index contributed by atoms with van der Waals surface area (Å²) in [5.74, 6) is -1.60. The van der Waals surface area contributed by atoms with E-state index in [0.29, 0.717) is 12.8 Å². The highest BCUT2D eigenvalue weighted by molar-refractivity contribution is 7.89. The zero-order chi connectivity index (χ0) is 14.0. The summed E-state index contributed by atoms with van der Waals surface area (Å²) in [6, 6.07) is 0.840. The second kappa shape index (κ2) is 5.30. The lowest BCUT2D eigenvalue weighted by Crippen LogP contribution is -2.45. The zero-order valence-electron chi connectivity index (χ0n) is 10.6. The third-order valence-corrected chi connectivity index (χ3v) is 5.00. The summed E-state index contributed by atoms with van der Waals surface area (Å²) < 4.78 is 28.1. The van der Waals surface area contributed by atoms with Crippen LogP contribution in [0.5, 0.6) is 0 Å². The molecule has 1 aromatic rings. The molecule has 1 aromatic heterocycles. The third-order valence-electron chi connectivity index (χ3n) is 3.44. The van der Waals surface area contributed by atoms with Crippen LogP contribution in [0.25, 0.3) is 0 Å². The lowest BCUT2D eigenvalue weighted by Gasteiger charge is -2.28. The number of hydrogen-bond donors (Lipinski definition) is 2. The molecule has 2 unspecified atom stereocenters. The highest BCUT2D eigenvalue weighted by Gasteiger charge is 2.34. The van der Waals surface area contributed by atoms with Crippen molar-refractivity contribution in [3.63, 3.8) is 0 Å². The predicted molar refractivity (Wildman–Crippen MR) is 66.9 cm³/mol. The molecule has 8 heteroatoms. The summed E-state index contributed by atoms with van der Waals surface area (Å²) in [6.07, 6.45) is 4.11. The van der Waals surface area contributed by atoms with Gasteiger partial charge in [0.25, 0.3) is 10.0 Å². The normalized spacial score (nSPS) is 24.3. The zero-order valence-corrected chi connectivity index (χ0v) is 11.4. The van der Waals surface area contributed by atoms with E-state index in [0.717, 1.165) is 12.8 Å². The Kier molecular flexibility index (Phi) is 3.91. The number of hydrogen-bond acceptors (Lipinski definition) is 4. The molecule has 2 N–H and O–H groups in total. The lowest BCUT2D eigenvalue weighted by molar-refractivity contribution is -0.143. The number of nitrogens with one attached hydrogen (secondary N) is 1. The first-order valence-corrected chi connectivity index (χ1v) is 7.63. The van der Waals surface area contributed by atoms with Crippen LogP contribution in [0.2, 0.25) is 0 Å². The van der Waals surface area contributed by atoms with E-state index in [1.807, 2.05) is 0 Å². The van der Waals surface area contributed by atoms with Crippen molar-refractivity contribution in [2.75, 3.05) is 0 Å². The second-order valence-corrected chi connectivity index (χ2v) is 6.41. The smallest absolute Gasteiger partial charge is 0.308 e. The predicted octanol–water partition coefficient (Wildman–Crippen LogP) is 0.342. The van der Waals surface area contributed by atoms with Gasteiger partial charge in [-0.25, -0.2) is 13.1 Å². The minimum atomic E-state index is -3.73. The average Bonchev–Trinajstić information content (AvgIpc) is 2.76. The Morgan fingerprint density at radius 2 is 2.16 bits per heavy atom. The highest BCUT2D eigenvalue weighted by Crippen LogP contribution is 2.26. The Morgan fingerprint density at radius 3 is 2.74 bits per heavy atom. The van der Waals surface area contributed by atoms with E-state index in [-0.39, 0.29) is 5.03 Å². The van der Waals surface area contributed by atoms with Crippen molar-refractivity contribution in [3.05, 3.63) is 12.3 Å². The van der Waals surface area contributed by atoms with Crippen LogP contribution in [0.1, 0.15) is 25.7 Å². The van der Waals surface area contributed by atoms with Crippen molar-refractivity contribution >= 4 is 16.0 Å². The quantitative estimate of drug-likeness (QED) is 0.831. The van der Waals surface area contributed by atoms with Crippen molar-refractivity contribution < 1.29 is 18.3 Å². The molecule has 2 rings (SSSR count). The molecule has 1 aliphatic carbocycles. The van der Waals surface area contributed by atoms with Gasteiger partial charge in [-0.3, -0.25) is 9.48 Å². The summed E-state index contributed by atoms with van der Waals surface area (Å²) in [7, 11) is -2.19. The summed E-state index contributed by atoms with van der Waals surface area (Å²) in [5.41, 5.74) is 0. The van der Waals surface area contributed by atoms with Crippen molar-refractivity contribution in [1.82, 2.24) is 14.5 Å². The molecule has 0 amide bonds. The van der Waals surface area contributed by atoms with E-state index in [1.165, 1.54) is 24.0 Å². The number of carboxylic acids is 1. The number of carboxylic acid groups (broad SMARTS) is 1. The molecule has 1 fully saturated rings. The van der Waals surface area contributed by atoms with Gasteiger partial charge < -0.3 is 5.11 Å². The summed E-state index contributed by atoms with van der Waals surface area (Å²) >= 11 is 0. The van der Waals surface area contributed by atoms with Gasteiger partial charge in [-0.15, -0.1) is 0 Å².